The SMILES string of the molecule is CN(C(=O)c1nn(C23CC4CC(CC(C4)C2)C3)cc1[N+](=O)[O-])C12CC3CC(CC(C3)C1)C2. The van der Waals surface area contributed by atoms with Crippen LogP contribution in [0.4, 0.5) is 5.69 Å². The van der Waals surface area contributed by atoms with Crippen molar-refractivity contribution in [3.8, 4) is 0 Å². The van der Waals surface area contributed by atoms with Crippen LogP contribution < -0.4 is 0 Å². The van der Waals surface area contributed by atoms with Gasteiger partial charge in [-0.05, 0) is 113 Å². The predicted molar refractivity (Wildman–Crippen MR) is 118 cm³/mol. The maximum Gasteiger partial charge on any atom is 0.320 e. The third-order valence-corrected chi connectivity index (χ3v) is 10.6. The van der Waals surface area contributed by atoms with Crippen LogP contribution in [0, 0.1) is 45.6 Å². The molecule has 0 atom stereocenters. The molecule has 8 fully saturated rings. The summed E-state index contributed by atoms with van der Waals surface area (Å²) in [5, 5.41) is 16.8. The number of nitro groups is 1. The molecule has 0 aliphatic heterocycles. The van der Waals surface area contributed by atoms with Gasteiger partial charge in [0, 0.05) is 12.6 Å². The van der Waals surface area contributed by atoms with Gasteiger partial charge in [0.05, 0.1) is 10.5 Å². The number of amides is 1. The summed E-state index contributed by atoms with van der Waals surface area (Å²) in [4.78, 5) is 27.3. The lowest BCUT2D eigenvalue weighted by Crippen LogP contribution is -2.60. The van der Waals surface area contributed by atoms with E-state index in [1.54, 1.807) is 6.20 Å². The zero-order valence-electron chi connectivity index (χ0n) is 19.0. The van der Waals surface area contributed by atoms with Gasteiger partial charge in [0.2, 0.25) is 5.69 Å². The third-order valence-electron chi connectivity index (χ3n) is 10.6. The predicted octanol–water partition coefficient (Wildman–Crippen LogP) is 4.76. The normalized spacial score (nSPS) is 45.4. The second kappa shape index (κ2) is 6.35. The molecule has 32 heavy (non-hydrogen) atoms. The van der Waals surface area contributed by atoms with E-state index < -0.39 is 0 Å². The quantitative estimate of drug-likeness (QED) is 0.501. The van der Waals surface area contributed by atoms with E-state index in [0.29, 0.717) is 0 Å². The largest absolute Gasteiger partial charge is 0.334 e. The lowest BCUT2D eigenvalue weighted by molar-refractivity contribution is -0.385. The minimum atomic E-state index is -0.384. The second-order valence-electron chi connectivity index (χ2n) is 12.7. The molecule has 0 N–H and O–H groups in total. The molecule has 7 nitrogen and oxygen atoms in total. The highest BCUT2D eigenvalue weighted by atomic mass is 16.6. The number of aromatic nitrogens is 2. The van der Waals surface area contributed by atoms with Gasteiger partial charge in [-0.1, -0.05) is 0 Å². The van der Waals surface area contributed by atoms with Crippen molar-refractivity contribution in [3.63, 3.8) is 0 Å². The van der Waals surface area contributed by atoms with E-state index in [1.165, 1.54) is 38.5 Å². The van der Waals surface area contributed by atoms with Gasteiger partial charge in [0.15, 0.2) is 0 Å². The first-order valence-corrected chi connectivity index (χ1v) is 12.9. The second-order valence-corrected chi connectivity index (χ2v) is 12.7. The molecule has 7 heteroatoms. The first kappa shape index (κ1) is 19.5. The van der Waals surface area contributed by atoms with Gasteiger partial charge in [-0.2, -0.15) is 5.10 Å². The first-order valence-electron chi connectivity index (χ1n) is 12.9. The van der Waals surface area contributed by atoms with Crippen LogP contribution in [0.15, 0.2) is 6.20 Å². The summed E-state index contributed by atoms with van der Waals surface area (Å²) in [6, 6.07) is 0. The van der Waals surface area contributed by atoms with Gasteiger partial charge in [-0.25, -0.2) is 0 Å². The van der Waals surface area contributed by atoms with Gasteiger partial charge in [-0.15, -0.1) is 0 Å². The van der Waals surface area contributed by atoms with Gasteiger partial charge in [-0.3, -0.25) is 19.6 Å². The molecule has 8 aliphatic carbocycles. The van der Waals surface area contributed by atoms with Crippen LogP contribution >= 0.6 is 0 Å². The maximum absolute atomic E-state index is 13.8. The lowest BCUT2D eigenvalue weighted by atomic mass is 9.52. The molecule has 8 aliphatic rings. The van der Waals surface area contributed by atoms with E-state index in [2.05, 4.69) is 0 Å². The molecule has 0 unspecified atom stereocenters. The van der Waals surface area contributed by atoms with Gasteiger partial charge in [0.1, 0.15) is 6.20 Å². The summed E-state index contributed by atoms with van der Waals surface area (Å²) in [5.74, 6) is 4.08. The topological polar surface area (TPSA) is 81.3 Å². The lowest BCUT2D eigenvalue weighted by Gasteiger charge is -2.59. The Morgan fingerprint density at radius 2 is 1.38 bits per heavy atom. The number of carbonyl (C=O) groups is 1. The highest BCUT2D eigenvalue weighted by Crippen LogP contribution is 2.60. The molecule has 172 valence electrons. The Morgan fingerprint density at radius 1 is 0.938 bits per heavy atom. The van der Waals surface area contributed by atoms with Crippen molar-refractivity contribution >= 4 is 11.6 Å². The van der Waals surface area contributed by atoms with Crippen molar-refractivity contribution in [2.75, 3.05) is 7.05 Å². The Morgan fingerprint density at radius 3 is 1.81 bits per heavy atom. The Balaban J connectivity index is 1.23. The van der Waals surface area contributed by atoms with E-state index >= 15 is 0 Å². The summed E-state index contributed by atoms with van der Waals surface area (Å²) in [5.41, 5.74) is -0.257. The first-order chi connectivity index (χ1) is 15.3. The fourth-order valence-corrected chi connectivity index (χ4v) is 10.1. The van der Waals surface area contributed by atoms with Crippen molar-refractivity contribution in [2.24, 2.45) is 35.5 Å². The van der Waals surface area contributed by atoms with Crippen LogP contribution in [0.5, 0.6) is 0 Å². The van der Waals surface area contributed by atoms with Crippen molar-refractivity contribution < 1.29 is 9.72 Å². The van der Waals surface area contributed by atoms with E-state index in [0.717, 1.165) is 74.0 Å². The summed E-state index contributed by atoms with van der Waals surface area (Å²) < 4.78 is 1.89. The molecule has 0 aromatic carbocycles. The number of hydrogen-bond acceptors (Lipinski definition) is 4. The van der Waals surface area contributed by atoms with E-state index in [9.17, 15) is 14.9 Å². The average Bonchev–Trinajstić information content (AvgIpc) is 3.17. The molecule has 8 bridgehead atoms. The summed E-state index contributed by atoms with van der Waals surface area (Å²) in [6.07, 6.45) is 15.8. The number of rotatable bonds is 4. The molecule has 1 heterocycles. The van der Waals surface area contributed by atoms with Crippen molar-refractivity contribution in [3.05, 3.63) is 22.0 Å². The van der Waals surface area contributed by atoms with E-state index in [-0.39, 0.29) is 33.3 Å². The zero-order valence-corrected chi connectivity index (χ0v) is 19.0. The maximum atomic E-state index is 13.8. The molecular formula is C25H34N4O3. The zero-order chi connectivity index (χ0) is 21.8. The average molecular weight is 439 g/mol. The minimum absolute atomic E-state index is 0.0731. The molecule has 1 amide bonds. The van der Waals surface area contributed by atoms with Gasteiger partial charge in [0.25, 0.3) is 5.91 Å². The van der Waals surface area contributed by atoms with Crippen molar-refractivity contribution in [2.45, 2.75) is 88.1 Å². The molecule has 0 saturated heterocycles. The minimum Gasteiger partial charge on any atom is -0.334 e. The number of carbonyl (C=O) groups excluding carboxylic acids is 1. The highest BCUT2D eigenvalue weighted by molar-refractivity contribution is 5.96. The summed E-state index contributed by atoms with van der Waals surface area (Å²) >= 11 is 0. The molecule has 1 aromatic heterocycles. The Bertz CT molecular complexity index is 927. The van der Waals surface area contributed by atoms with Crippen molar-refractivity contribution in [1.82, 2.24) is 14.7 Å². The van der Waals surface area contributed by atoms with E-state index in [1.807, 2.05) is 16.6 Å². The monoisotopic (exact) mass is 438 g/mol. The smallest absolute Gasteiger partial charge is 0.320 e. The van der Waals surface area contributed by atoms with Crippen LogP contribution in [0.2, 0.25) is 0 Å². The fourth-order valence-electron chi connectivity index (χ4n) is 10.1. The number of nitrogens with zero attached hydrogens (tertiary/aromatic N) is 4. The van der Waals surface area contributed by atoms with Crippen LogP contribution in [-0.2, 0) is 5.54 Å². The molecule has 8 saturated carbocycles. The molecule has 0 radical (unpaired) electrons. The molecule has 9 rings (SSSR count). The Hall–Kier alpha value is -1.92. The Kier molecular flexibility index (Phi) is 3.88. The fraction of sp³-hybridized carbons (Fsp3) is 0.840. The standard InChI is InChI=1S/C25H34N4O3/c1-27(24-8-15-2-16(9-24)4-17(3-15)10-24)23(30)22-21(29(31)32)14-28(26-22)25-11-18-5-19(12-25)7-20(6-18)13-25/h14-20H,2-13H2,1H3. The summed E-state index contributed by atoms with van der Waals surface area (Å²) in [6.45, 7) is 0. The van der Waals surface area contributed by atoms with E-state index in [4.69, 9.17) is 5.10 Å². The number of hydrogen-bond donors (Lipinski definition) is 0. The molecule has 0 spiro atoms. The van der Waals surface area contributed by atoms with Gasteiger partial charge < -0.3 is 4.90 Å². The van der Waals surface area contributed by atoms with Crippen molar-refractivity contribution in [1.29, 1.82) is 0 Å². The Labute approximate surface area is 189 Å². The summed E-state index contributed by atoms with van der Waals surface area (Å²) in [7, 11) is 1.89. The van der Waals surface area contributed by atoms with Crippen LogP contribution in [0.3, 0.4) is 0 Å². The highest BCUT2D eigenvalue weighted by Gasteiger charge is 2.56. The van der Waals surface area contributed by atoms with Crippen LogP contribution in [0.25, 0.3) is 0 Å². The molecule has 1 aromatic rings. The van der Waals surface area contributed by atoms with Crippen LogP contribution in [0.1, 0.15) is 87.5 Å². The third kappa shape index (κ3) is 2.65. The van der Waals surface area contributed by atoms with Crippen LogP contribution in [-0.4, -0.2) is 38.1 Å². The van der Waals surface area contributed by atoms with Gasteiger partial charge >= 0.3 is 5.69 Å². The molecular weight excluding hydrogens is 404 g/mol.